The molecule has 1 aromatic carbocycles. The number of fused-ring (bicyclic) bond motifs is 1. The van der Waals surface area contributed by atoms with Crippen LogP contribution in [0.15, 0.2) is 18.2 Å². The smallest absolute Gasteiger partial charge is 0.212 e. The van der Waals surface area contributed by atoms with Crippen molar-refractivity contribution in [3.05, 3.63) is 23.8 Å². The van der Waals surface area contributed by atoms with E-state index in [-0.39, 0.29) is 17.7 Å². The zero-order valence-corrected chi connectivity index (χ0v) is 14.3. The zero-order chi connectivity index (χ0) is 16.2. The fourth-order valence-electron chi connectivity index (χ4n) is 2.43. The van der Waals surface area contributed by atoms with E-state index >= 15 is 0 Å². The van der Waals surface area contributed by atoms with Crippen LogP contribution < -0.4 is 14.2 Å². The Hall–Kier alpha value is -1.27. The molecule has 1 aromatic rings. The fraction of sp³-hybridized carbons (Fsp3) is 0.625. The largest absolute Gasteiger partial charge is 0.486 e. The van der Waals surface area contributed by atoms with Gasteiger partial charge in [-0.05, 0) is 30.0 Å². The molecule has 0 saturated carbocycles. The Morgan fingerprint density at radius 1 is 1.18 bits per heavy atom. The third kappa shape index (κ3) is 4.36. The summed E-state index contributed by atoms with van der Waals surface area (Å²) in [7, 11) is -3.28. The molecule has 1 aliphatic rings. The monoisotopic (exact) mass is 327 g/mol. The second-order valence-electron chi connectivity index (χ2n) is 5.92. The summed E-state index contributed by atoms with van der Waals surface area (Å²) in [5.41, 5.74) is 0.902. The van der Waals surface area contributed by atoms with Crippen LogP contribution in [0.5, 0.6) is 11.5 Å². The summed E-state index contributed by atoms with van der Waals surface area (Å²) in [6, 6.07) is 5.36. The van der Waals surface area contributed by atoms with Crippen LogP contribution in [0.3, 0.4) is 0 Å². The lowest BCUT2D eigenvalue weighted by Gasteiger charge is -2.25. The minimum absolute atomic E-state index is 0.138. The molecule has 0 fully saturated rings. The Morgan fingerprint density at radius 3 is 2.50 bits per heavy atom. The van der Waals surface area contributed by atoms with E-state index in [9.17, 15) is 8.42 Å². The Balaban J connectivity index is 2.21. The molecule has 0 bridgehead atoms. The molecule has 1 heterocycles. The summed E-state index contributed by atoms with van der Waals surface area (Å²) >= 11 is 0. The molecule has 0 radical (unpaired) electrons. The maximum absolute atomic E-state index is 12.2. The normalized spacial score (nSPS) is 15.8. The Bertz CT molecular complexity index is 598. The van der Waals surface area contributed by atoms with Crippen LogP contribution in [0.2, 0.25) is 0 Å². The number of unbranched alkanes of at least 4 members (excludes halogenated alkanes) is 1. The van der Waals surface area contributed by atoms with Crippen LogP contribution in [-0.4, -0.2) is 27.4 Å². The molecule has 1 atom stereocenters. The van der Waals surface area contributed by atoms with Gasteiger partial charge in [-0.3, -0.25) is 0 Å². The number of benzene rings is 1. The number of hydrogen-bond acceptors (Lipinski definition) is 4. The standard InChI is InChI=1S/C16H25NO4S/c1-4-5-10-22(18,19)17-16(12(2)3)13-6-7-14-15(11-13)21-9-8-20-14/h6-7,11-12,16-17H,4-5,8-10H2,1-3H3. The van der Waals surface area contributed by atoms with Gasteiger partial charge in [-0.2, -0.15) is 0 Å². The highest BCUT2D eigenvalue weighted by atomic mass is 32.2. The predicted molar refractivity (Wildman–Crippen MR) is 86.8 cm³/mol. The highest BCUT2D eigenvalue weighted by Gasteiger charge is 2.24. The Kier molecular flexibility index (Phi) is 5.69. The van der Waals surface area contributed by atoms with Crippen LogP contribution in [0.1, 0.15) is 45.2 Å². The third-order valence-corrected chi connectivity index (χ3v) is 5.10. The molecule has 124 valence electrons. The second kappa shape index (κ2) is 7.33. The summed E-state index contributed by atoms with van der Waals surface area (Å²) < 4.78 is 38.3. The second-order valence-corrected chi connectivity index (χ2v) is 7.79. The van der Waals surface area contributed by atoms with E-state index in [1.54, 1.807) is 0 Å². The minimum Gasteiger partial charge on any atom is -0.486 e. The lowest BCUT2D eigenvalue weighted by atomic mass is 9.97. The average Bonchev–Trinajstić information content (AvgIpc) is 2.50. The number of nitrogens with one attached hydrogen (secondary N) is 1. The van der Waals surface area contributed by atoms with Crippen LogP contribution in [0.25, 0.3) is 0 Å². The first-order valence-corrected chi connectivity index (χ1v) is 9.47. The Morgan fingerprint density at radius 2 is 1.86 bits per heavy atom. The zero-order valence-electron chi connectivity index (χ0n) is 13.5. The first-order chi connectivity index (χ1) is 10.4. The Labute approximate surface area is 133 Å². The fourth-order valence-corrected chi connectivity index (χ4v) is 4.01. The summed E-state index contributed by atoms with van der Waals surface area (Å²) in [5.74, 6) is 1.70. The van der Waals surface area contributed by atoms with Gasteiger partial charge in [0, 0.05) is 6.04 Å². The lowest BCUT2D eigenvalue weighted by molar-refractivity contribution is 0.171. The van der Waals surface area contributed by atoms with Crippen molar-refractivity contribution >= 4 is 10.0 Å². The van der Waals surface area contributed by atoms with Crippen molar-refractivity contribution in [1.29, 1.82) is 0 Å². The van der Waals surface area contributed by atoms with Gasteiger partial charge in [0.05, 0.1) is 5.75 Å². The summed E-state index contributed by atoms with van der Waals surface area (Å²) in [5, 5.41) is 0. The van der Waals surface area contributed by atoms with Gasteiger partial charge in [-0.15, -0.1) is 0 Å². The molecule has 1 unspecified atom stereocenters. The number of rotatable bonds is 7. The van der Waals surface area contributed by atoms with Gasteiger partial charge in [0.1, 0.15) is 13.2 Å². The van der Waals surface area contributed by atoms with E-state index in [1.165, 1.54) is 0 Å². The van der Waals surface area contributed by atoms with Crippen molar-refractivity contribution in [2.24, 2.45) is 5.92 Å². The van der Waals surface area contributed by atoms with Crippen molar-refractivity contribution in [1.82, 2.24) is 4.72 Å². The molecular weight excluding hydrogens is 302 g/mol. The highest BCUT2D eigenvalue weighted by Crippen LogP contribution is 2.34. The maximum Gasteiger partial charge on any atom is 0.212 e. The minimum atomic E-state index is -3.28. The topological polar surface area (TPSA) is 64.6 Å². The molecule has 22 heavy (non-hydrogen) atoms. The number of hydrogen-bond donors (Lipinski definition) is 1. The van der Waals surface area contributed by atoms with Gasteiger partial charge >= 0.3 is 0 Å². The molecule has 6 heteroatoms. The molecule has 0 aliphatic carbocycles. The third-order valence-electron chi connectivity index (χ3n) is 3.67. The van der Waals surface area contributed by atoms with Crippen molar-refractivity contribution < 1.29 is 17.9 Å². The first kappa shape index (κ1) is 17.1. The van der Waals surface area contributed by atoms with E-state index in [4.69, 9.17) is 9.47 Å². The number of sulfonamides is 1. The van der Waals surface area contributed by atoms with E-state index in [2.05, 4.69) is 4.72 Å². The summed E-state index contributed by atoms with van der Waals surface area (Å²) in [4.78, 5) is 0. The van der Waals surface area contributed by atoms with Crippen molar-refractivity contribution in [3.63, 3.8) is 0 Å². The van der Waals surface area contributed by atoms with Crippen LogP contribution in [0.4, 0.5) is 0 Å². The molecule has 1 aliphatic heterocycles. The van der Waals surface area contributed by atoms with Gasteiger partial charge in [0.15, 0.2) is 11.5 Å². The molecule has 5 nitrogen and oxygen atoms in total. The van der Waals surface area contributed by atoms with Crippen LogP contribution in [0, 0.1) is 5.92 Å². The molecule has 0 amide bonds. The van der Waals surface area contributed by atoms with Gasteiger partial charge in [-0.1, -0.05) is 33.3 Å². The van der Waals surface area contributed by atoms with Gasteiger partial charge in [0.25, 0.3) is 0 Å². The molecular formula is C16H25NO4S. The van der Waals surface area contributed by atoms with Crippen LogP contribution >= 0.6 is 0 Å². The molecule has 0 saturated heterocycles. The van der Waals surface area contributed by atoms with E-state index in [0.29, 0.717) is 31.1 Å². The summed E-state index contributed by atoms with van der Waals surface area (Å²) in [6.45, 7) is 7.05. The molecule has 1 N–H and O–H groups in total. The molecule has 0 aromatic heterocycles. The maximum atomic E-state index is 12.2. The van der Waals surface area contributed by atoms with E-state index < -0.39 is 10.0 Å². The SMILES string of the molecule is CCCCS(=O)(=O)NC(c1ccc2c(c1)OCCO2)C(C)C. The predicted octanol–water partition coefficient (Wildman–Crippen LogP) is 2.87. The quantitative estimate of drug-likeness (QED) is 0.836. The van der Waals surface area contributed by atoms with E-state index in [0.717, 1.165) is 12.0 Å². The first-order valence-electron chi connectivity index (χ1n) is 7.82. The molecule has 2 rings (SSSR count). The molecule has 0 spiro atoms. The average molecular weight is 327 g/mol. The van der Waals surface area contributed by atoms with Gasteiger partial charge in [-0.25, -0.2) is 13.1 Å². The van der Waals surface area contributed by atoms with Crippen LogP contribution in [-0.2, 0) is 10.0 Å². The van der Waals surface area contributed by atoms with Crippen molar-refractivity contribution in [2.45, 2.75) is 39.7 Å². The van der Waals surface area contributed by atoms with Crippen molar-refractivity contribution in [2.75, 3.05) is 19.0 Å². The highest BCUT2D eigenvalue weighted by molar-refractivity contribution is 7.89. The lowest BCUT2D eigenvalue weighted by Crippen LogP contribution is -2.33. The van der Waals surface area contributed by atoms with Gasteiger partial charge in [0.2, 0.25) is 10.0 Å². The number of ether oxygens (including phenoxy) is 2. The van der Waals surface area contributed by atoms with Gasteiger partial charge < -0.3 is 9.47 Å². The summed E-state index contributed by atoms with van der Waals surface area (Å²) in [6.07, 6.45) is 1.53. The van der Waals surface area contributed by atoms with Crippen molar-refractivity contribution in [3.8, 4) is 11.5 Å². The van der Waals surface area contributed by atoms with E-state index in [1.807, 2.05) is 39.0 Å².